The van der Waals surface area contributed by atoms with E-state index >= 15 is 0 Å². The number of hydrogen-bond acceptors (Lipinski definition) is 2. The molecule has 0 fully saturated rings. The zero-order chi connectivity index (χ0) is 17.5. The Morgan fingerprint density at radius 1 is 1.08 bits per heavy atom. The van der Waals surface area contributed by atoms with Gasteiger partial charge in [0.2, 0.25) is 11.8 Å². The molecule has 0 aliphatic heterocycles. The number of benzene rings is 2. The number of nitrogens with one attached hydrogen (secondary N) is 1. The highest BCUT2D eigenvalue weighted by atomic mass is 35.5. The minimum Gasteiger partial charge on any atom is -0.326 e. The van der Waals surface area contributed by atoms with Gasteiger partial charge in [0.1, 0.15) is 0 Å². The van der Waals surface area contributed by atoms with Crippen LogP contribution < -0.4 is 10.2 Å². The van der Waals surface area contributed by atoms with Crippen molar-refractivity contribution in [3.63, 3.8) is 0 Å². The minimum absolute atomic E-state index is 0.00308. The summed E-state index contributed by atoms with van der Waals surface area (Å²) in [6.45, 7) is 1.89. The van der Waals surface area contributed by atoms with Crippen LogP contribution in [0.5, 0.6) is 0 Å². The Morgan fingerprint density at radius 2 is 1.79 bits per heavy atom. The van der Waals surface area contributed by atoms with Crippen LogP contribution in [0.2, 0.25) is 5.02 Å². The van der Waals surface area contributed by atoms with Crippen LogP contribution in [0.25, 0.3) is 0 Å². The average molecular weight is 345 g/mol. The molecular formula is C19H21ClN2O2. The molecule has 0 aliphatic rings. The molecule has 0 aliphatic carbocycles. The summed E-state index contributed by atoms with van der Waals surface area (Å²) in [5, 5.41) is 3.49. The molecule has 1 N–H and O–H groups in total. The summed E-state index contributed by atoms with van der Waals surface area (Å²) in [6, 6.07) is 14.8. The Labute approximate surface area is 147 Å². The van der Waals surface area contributed by atoms with Gasteiger partial charge >= 0.3 is 0 Å². The zero-order valence-corrected chi connectivity index (χ0v) is 14.6. The maximum Gasteiger partial charge on any atom is 0.226 e. The molecule has 0 bridgehead atoms. The number of amides is 2. The quantitative estimate of drug-likeness (QED) is 0.843. The highest BCUT2D eigenvalue weighted by molar-refractivity contribution is 6.30. The summed E-state index contributed by atoms with van der Waals surface area (Å²) in [7, 11) is 1.74. The van der Waals surface area contributed by atoms with Gasteiger partial charge < -0.3 is 10.2 Å². The van der Waals surface area contributed by atoms with Crippen molar-refractivity contribution in [2.24, 2.45) is 0 Å². The van der Waals surface area contributed by atoms with Crippen LogP contribution in [0.1, 0.15) is 24.8 Å². The normalized spacial score (nSPS) is 10.3. The van der Waals surface area contributed by atoms with E-state index in [2.05, 4.69) is 5.32 Å². The van der Waals surface area contributed by atoms with Crippen molar-refractivity contribution in [1.29, 1.82) is 0 Å². The molecule has 0 heterocycles. The van der Waals surface area contributed by atoms with E-state index in [0.29, 0.717) is 24.3 Å². The molecule has 5 heteroatoms. The van der Waals surface area contributed by atoms with Gasteiger partial charge in [0.15, 0.2) is 0 Å². The van der Waals surface area contributed by atoms with Gasteiger partial charge in [0.05, 0.1) is 0 Å². The predicted octanol–water partition coefficient (Wildman–Crippen LogP) is 4.42. The molecule has 2 amide bonds. The largest absolute Gasteiger partial charge is 0.326 e. The third-order valence-corrected chi connectivity index (χ3v) is 4.01. The maximum absolute atomic E-state index is 12.2. The van der Waals surface area contributed by atoms with Crippen molar-refractivity contribution in [2.75, 3.05) is 17.3 Å². The Bertz CT molecular complexity index is 717. The number of carbonyl (C=O) groups excluding carboxylic acids is 2. The van der Waals surface area contributed by atoms with E-state index < -0.39 is 0 Å². The summed E-state index contributed by atoms with van der Waals surface area (Å²) in [5.74, 6) is -0.104. The first-order valence-electron chi connectivity index (χ1n) is 7.85. The topological polar surface area (TPSA) is 49.4 Å². The summed E-state index contributed by atoms with van der Waals surface area (Å²) in [4.78, 5) is 25.8. The van der Waals surface area contributed by atoms with Crippen molar-refractivity contribution >= 4 is 34.8 Å². The monoisotopic (exact) mass is 344 g/mol. The van der Waals surface area contributed by atoms with Crippen LogP contribution in [-0.2, 0) is 9.59 Å². The fraction of sp³-hybridized carbons (Fsp3) is 0.263. The molecule has 2 rings (SSSR count). The van der Waals surface area contributed by atoms with E-state index in [1.54, 1.807) is 30.1 Å². The Morgan fingerprint density at radius 3 is 2.46 bits per heavy atom. The first kappa shape index (κ1) is 18.0. The molecule has 2 aromatic rings. The molecule has 0 aromatic heterocycles. The van der Waals surface area contributed by atoms with Gasteiger partial charge in [-0.2, -0.15) is 0 Å². The van der Waals surface area contributed by atoms with Crippen molar-refractivity contribution in [3.05, 3.63) is 59.1 Å². The molecule has 0 spiro atoms. The lowest BCUT2D eigenvalue weighted by molar-refractivity contribution is -0.118. The lowest BCUT2D eigenvalue weighted by Gasteiger charge is -2.17. The smallest absolute Gasteiger partial charge is 0.226 e. The molecule has 0 unspecified atom stereocenters. The van der Waals surface area contributed by atoms with Gasteiger partial charge in [-0.15, -0.1) is 0 Å². The second kappa shape index (κ2) is 8.50. The Balaban J connectivity index is 1.79. The second-order valence-electron chi connectivity index (χ2n) is 5.65. The van der Waals surface area contributed by atoms with E-state index in [9.17, 15) is 9.59 Å². The number of nitrogens with zero attached hydrogens (tertiary/aromatic N) is 1. The second-order valence-corrected chi connectivity index (χ2v) is 6.09. The predicted molar refractivity (Wildman–Crippen MR) is 98.5 cm³/mol. The molecule has 0 saturated heterocycles. The molecule has 0 atom stereocenters. The summed E-state index contributed by atoms with van der Waals surface area (Å²) < 4.78 is 0. The standard InChI is InChI=1S/C19H21ClN2O2/c1-14-13-15(20)11-12-17(14)21-18(23)9-6-10-19(24)22(2)16-7-4-3-5-8-16/h3-5,7-8,11-13H,6,9-10H2,1-2H3,(H,21,23). The minimum atomic E-state index is -0.101. The number of aryl methyl sites for hydroxylation is 1. The van der Waals surface area contributed by atoms with Crippen LogP contribution in [0, 0.1) is 6.92 Å². The summed E-state index contributed by atoms with van der Waals surface area (Å²) in [5.41, 5.74) is 2.51. The van der Waals surface area contributed by atoms with Crippen molar-refractivity contribution in [2.45, 2.75) is 26.2 Å². The maximum atomic E-state index is 12.2. The molecule has 0 radical (unpaired) electrons. The van der Waals surface area contributed by atoms with Crippen molar-refractivity contribution < 1.29 is 9.59 Å². The van der Waals surface area contributed by atoms with Crippen LogP contribution in [0.4, 0.5) is 11.4 Å². The zero-order valence-electron chi connectivity index (χ0n) is 13.9. The number of hydrogen-bond donors (Lipinski definition) is 1. The van der Waals surface area contributed by atoms with Crippen molar-refractivity contribution in [3.8, 4) is 0 Å². The molecular weight excluding hydrogens is 324 g/mol. The fourth-order valence-electron chi connectivity index (χ4n) is 2.34. The number of carbonyl (C=O) groups is 2. The highest BCUT2D eigenvalue weighted by Gasteiger charge is 2.12. The lowest BCUT2D eigenvalue weighted by Crippen LogP contribution is -2.26. The van der Waals surface area contributed by atoms with Gasteiger partial charge in [0.25, 0.3) is 0 Å². The van der Waals surface area contributed by atoms with Gasteiger partial charge in [-0.05, 0) is 49.2 Å². The van der Waals surface area contributed by atoms with Crippen LogP contribution in [-0.4, -0.2) is 18.9 Å². The SMILES string of the molecule is Cc1cc(Cl)ccc1NC(=O)CCCC(=O)N(C)c1ccccc1. The number of rotatable bonds is 6. The van der Waals surface area contributed by atoms with Crippen molar-refractivity contribution in [1.82, 2.24) is 0 Å². The number of halogens is 1. The van der Waals surface area contributed by atoms with Crippen LogP contribution in [0.3, 0.4) is 0 Å². The molecule has 24 heavy (non-hydrogen) atoms. The van der Waals surface area contributed by atoms with E-state index in [1.807, 2.05) is 37.3 Å². The van der Waals surface area contributed by atoms with Crippen LogP contribution >= 0.6 is 11.6 Å². The first-order chi connectivity index (χ1) is 11.5. The molecule has 126 valence electrons. The molecule has 2 aromatic carbocycles. The highest BCUT2D eigenvalue weighted by Crippen LogP contribution is 2.20. The molecule has 4 nitrogen and oxygen atoms in total. The number of anilines is 2. The van der Waals surface area contributed by atoms with Gasteiger partial charge in [0, 0.05) is 36.3 Å². The van der Waals surface area contributed by atoms with Gasteiger partial charge in [-0.25, -0.2) is 0 Å². The third kappa shape index (κ3) is 5.10. The lowest BCUT2D eigenvalue weighted by atomic mass is 10.1. The van der Waals surface area contributed by atoms with Crippen LogP contribution in [0.15, 0.2) is 48.5 Å². The fourth-order valence-corrected chi connectivity index (χ4v) is 2.57. The van der Waals surface area contributed by atoms with E-state index in [4.69, 9.17) is 11.6 Å². The summed E-state index contributed by atoms with van der Waals surface area (Å²) >= 11 is 5.90. The van der Waals surface area contributed by atoms with E-state index in [0.717, 1.165) is 16.9 Å². The van der Waals surface area contributed by atoms with E-state index in [-0.39, 0.29) is 11.8 Å². The molecule has 0 saturated carbocycles. The Hall–Kier alpha value is -2.33. The Kier molecular flexibility index (Phi) is 6.38. The third-order valence-electron chi connectivity index (χ3n) is 3.77. The van der Waals surface area contributed by atoms with E-state index in [1.165, 1.54) is 0 Å². The average Bonchev–Trinajstić information content (AvgIpc) is 2.57. The van der Waals surface area contributed by atoms with Gasteiger partial charge in [-0.1, -0.05) is 29.8 Å². The summed E-state index contributed by atoms with van der Waals surface area (Å²) in [6.07, 6.45) is 1.14. The van der Waals surface area contributed by atoms with Gasteiger partial charge in [-0.3, -0.25) is 9.59 Å². The first-order valence-corrected chi connectivity index (χ1v) is 8.23. The number of para-hydroxylation sites is 1.